The first-order chi connectivity index (χ1) is 12.8. The van der Waals surface area contributed by atoms with E-state index in [4.69, 9.17) is 9.72 Å². The molecule has 0 saturated heterocycles. The number of nitrogens with one attached hydrogen (secondary N) is 2. The third-order valence-electron chi connectivity index (χ3n) is 4.86. The lowest BCUT2D eigenvalue weighted by molar-refractivity contribution is -0.149. The molecule has 1 aromatic rings. The molecular weight excluding hydrogens is 360 g/mol. The van der Waals surface area contributed by atoms with Gasteiger partial charge in [-0.2, -0.15) is 0 Å². The second kappa shape index (κ2) is 10.1. The summed E-state index contributed by atoms with van der Waals surface area (Å²) in [6.07, 6.45) is 4.57. The third kappa shape index (κ3) is 6.79. The van der Waals surface area contributed by atoms with Crippen molar-refractivity contribution in [1.29, 1.82) is 0 Å². The van der Waals surface area contributed by atoms with Gasteiger partial charge in [0.05, 0.1) is 23.2 Å². The minimum atomic E-state index is -0.0449. The van der Waals surface area contributed by atoms with Crippen molar-refractivity contribution in [2.75, 3.05) is 20.2 Å². The molecule has 1 saturated carbocycles. The van der Waals surface area contributed by atoms with Crippen molar-refractivity contribution in [2.45, 2.75) is 71.3 Å². The molecule has 0 spiro atoms. The third-order valence-corrected chi connectivity index (χ3v) is 5.77. The summed E-state index contributed by atoms with van der Waals surface area (Å²) in [6, 6.07) is 0.356. The van der Waals surface area contributed by atoms with Gasteiger partial charge >= 0.3 is 5.97 Å². The van der Waals surface area contributed by atoms with E-state index in [0.29, 0.717) is 12.6 Å². The van der Waals surface area contributed by atoms with Crippen LogP contribution in [-0.2, 0) is 21.4 Å². The van der Waals surface area contributed by atoms with Crippen LogP contribution in [0.2, 0.25) is 0 Å². The van der Waals surface area contributed by atoms with Crippen molar-refractivity contribution in [3.8, 4) is 0 Å². The maximum absolute atomic E-state index is 11.8. The predicted molar refractivity (Wildman–Crippen MR) is 111 cm³/mol. The van der Waals surface area contributed by atoms with Crippen LogP contribution in [0.1, 0.15) is 64.1 Å². The van der Waals surface area contributed by atoms with Gasteiger partial charge in [-0.15, -0.1) is 11.3 Å². The first-order valence-electron chi connectivity index (χ1n) is 9.92. The number of ether oxygens (including phenoxy) is 1. The molecule has 0 unspecified atom stereocenters. The molecule has 0 bridgehead atoms. The summed E-state index contributed by atoms with van der Waals surface area (Å²) in [7, 11) is 1.79. The quantitative estimate of drug-likeness (QED) is 0.440. The van der Waals surface area contributed by atoms with E-state index in [9.17, 15) is 4.79 Å². The van der Waals surface area contributed by atoms with Crippen molar-refractivity contribution >= 4 is 23.3 Å². The second-order valence-electron chi connectivity index (χ2n) is 8.07. The largest absolute Gasteiger partial charge is 0.466 e. The second-order valence-corrected chi connectivity index (χ2v) is 9.01. The molecule has 27 heavy (non-hydrogen) atoms. The fraction of sp³-hybridized carbons (Fsp3) is 0.750. The highest BCUT2D eigenvalue weighted by molar-refractivity contribution is 7.09. The Bertz CT molecular complexity index is 628. The van der Waals surface area contributed by atoms with Gasteiger partial charge in [-0.05, 0) is 32.6 Å². The Labute approximate surface area is 167 Å². The topological polar surface area (TPSA) is 75.6 Å². The molecule has 1 heterocycles. The van der Waals surface area contributed by atoms with E-state index in [0.717, 1.165) is 55.3 Å². The van der Waals surface area contributed by atoms with Crippen LogP contribution in [0.5, 0.6) is 0 Å². The molecule has 6 nitrogen and oxygen atoms in total. The van der Waals surface area contributed by atoms with Crippen LogP contribution < -0.4 is 10.6 Å². The Kier molecular flexibility index (Phi) is 8.07. The molecule has 152 valence electrons. The van der Waals surface area contributed by atoms with Gasteiger partial charge in [0.2, 0.25) is 0 Å². The SMILES string of the molecule is CCOC(=O)C1CCC(NC(=NC)NCCc2nc(C(C)(C)C)cs2)CC1. The Morgan fingerprint density at radius 2 is 2.04 bits per heavy atom. The molecule has 1 aromatic heterocycles. The Hall–Kier alpha value is -1.63. The van der Waals surface area contributed by atoms with Gasteiger partial charge in [0, 0.05) is 36.9 Å². The van der Waals surface area contributed by atoms with Gasteiger partial charge in [0.15, 0.2) is 5.96 Å². The molecule has 1 aliphatic carbocycles. The number of hydrogen-bond acceptors (Lipinski definition) is 5. The van der Waals surface area contributed by atoms with E-state index in [1.165, 1.54) is 0 Å². The minimum absolute atomic E-state index is 0.0449. The molecule has 0 aliphatic heterocycles. The molecule has 0 amide bonds. The van der Waals surface area contributed by atoms with Crippen LogP contribution >= 0.6 is 11.3 Å². The fourth-order valence-electron chi connectivity index (χ4n) is 3.18. The molecule has 7 heteroatoms. The zero-order chi connectivity index (χ0) is 19.9. The summed E-state index contributed by atoms with van der Waals surface area (Å²) in [5.74, 6) is 0.832. The zero-order valence-corrected chi connectivity index (χ0v) is 18.1. The average molecular weight is 395 g/mol. The maximum atomic E-state index is 11.8. The highest BCUT2D eigenvalue weighted by atomic mass is 32.1. The van der Waals surface area contributed by atoms with Crippen LogP contribution in [0.4, 0.5) is 0 Å². The number of esters is 1. The summed E-state index contributed by atoms with van der Waals surface area (Å²) in [5.41, 5.74) is 1.26. The Balaban J connectivity index is 1.72. The van der Waals surface area contributed by atoms with E-state index in [-0.39, 0.29) is 17.3 Å². The maximum Gasteiger partial charge on any atom is 0.308 e. The van der Waals surface area contributed by atoms with E-state index in [1.807, 2.05) is 6.92 Å². The van der Waals surface area contributed by atoms with E-state index in [1.54, 1.807) is 18.4 Å². The molecule has 0 aromatic carbocycles. The number of carbonyl (C=O) groups is 1. The van der Waals surface area contributed by atoms with E-state index >= 15 is 0 Å². The molecule has 0 atom stereocenters. The van der Waals surface area contributed by atoms with Crippen LogP contribution in [0, 0.1) is 5.92 Å². The fourth-order valence-corrected chi connectivity index (χ4v) is 4.20. The number of thiazole rings is 1. The van der Waals surface area contributed by atoms with Crippen molar-refractivity contribution in [3.05, 3.63) is 16.1 Å². The molecule has 1 fully saturated rings. The average Bonchev–Trinajstić information content (AvgIpc) is 3.11. The van der Waals surface area contributed by atoms with Gasteiger partial charge in [-0.25, -0.2) is 4.98 Å². The molecule has 1 aliphatic rings. The standard InChI is InChI=1S/C20H34N4O2S/c1-6-26-18(25)14-7-9-15(10-8-14)23-19(21-5)22-12-11-17-24-16(13-27-17)20(2,3)4/h13-15H,6-12H2,1-5H3,(H2,21,22,23). The number of carbonyl (C=O) groups excluding carboxylic acids is 1. The summed E-state index contributed by atoms with van der Waals surface area (Å²) in [5, 5.41) is 10.2. The number of hydrogen-bond donors (Lipinski definition) is 2. The summed E-state index contributed by atoms with van der Waals surface area (Å²) in [6.45, 7) is 9.68. The van der Waals surface area contributed by atoms with Crippen molar-refractivity contribution < 1.29 is 9.53 Å². The number of aromatic nitrogens is 1. The predicted octanol–water partition coefficient (Wildman–Crippen LogP) is 3.27. The highest BCUT2D eigenvalue weighted by Gasteiger charge is 2.27. The number of aliphatic imine (C=N–C) groups is 1. The van der Waals surface area contributed by atoms with Crippen molar-refractivity contribution in [2.24, 2.45) is 10.9 Å². The van der Waals surface area contributed by atoms with Gasteiger partial charge in [-0.1, -0.05) is 20.8 Å². The van der Waals surface area contributed by atoms with E-state index < -0.39 is 0 Å². The van der Waals surface area contributed by atoms with E-state index in [2.05, 4.69) is 41.8 Å². The zero-order valence-electron chi connectivity index (χ0n) is 17.3. The summed E-state index contributed by atoms with van der Waals surface area (Å²) < 4.78 is 5.14. The van der Waals surface area contributed by atoms with Crippen molar-refractivity contribution in [3.63, 3.8) is 0 Å². The molecule has 2 rings (SSSR count). The van der Waals surface area contributed by atoms with Crippen LogP contribution in [0.3, 0.4) is 0 Å². The normalized spacial score (nSPS) is 21.0. The lowest BCUT2D eigenvalue weighted by Gasteiger charge is -2.29. The Morgan fingerprint density at radius 1 is 1.33 bits per heavy atom. The minimum Gasteiger partial charge on any atom is -0.466 e. The summed E-state index contributed by atoms with van der Waals surface area (Å²) >= 11 is 1.72. The van der Waals surface area contributed by atoms with Gasteiger partial charge in [0.25, 0.3) is 0 Å². The monoisotopic (exact) mass is 394 g/mol. The van der Waals surface area contributed by atoms with Gasteiger partial charge in [-0.3, -0.25) is 9.79 Å². The van der Waals surface area contributed by atoms with Gasteiger partial charge < -0.3 is 15.4 Å². The van der Waals surface area contributed by atoms with Gasteiger partial charge in [0.1, 0.15) is 0 Å². The van der Waals surface area contributed by atoms with Crippen molar-refractivity contribution in [1.82, 2.24) is 15.6 Å². The number of nitrogens with zero attached hydrogens (tertiary/aromatic N) is 2. The lowest BCUT2D eigenvalue weighted by atomic mass is 9.86. The molecule has 0 radical (unpaired) electrons. The van der Waals surface area contributed by atoms with Crippen LogP contribution in [0.25, 0.3) is 0 Å². The first-order valence-corrected chi connectivity index (χ1v) is 10.8. The van der Waals surface area contributed by atoms with Crippen LogP contribution in [0.15, 0.2) is 10.4 Å². The Morgan fingerprint density at radius 3 is 2.59 bits per heavy atom. The number of rotatable bonds is 6. The highest BCUT2D eigenvalue weighted by Crippen LogP contribution is 2.25. The smallest absolute Gasteiger partial charge is 0.308 e. The summed E-state index contributed by atoms with van der Waals surface area (Å²) in [4.78, 5) is 20.9. The first kappa shape index (κ1) is 21.7. The number of guanidine groups is 1. The molecule has 2 N–H and O–H groups in total. The molecular formula is C20H34N4O2S. The van der Waals surface area contributed by atoms with Crippen LogP contribution in [-0.4, -0.2) is 43.2 Å². The lowest BCUT2D eigenvalue weighted by Crippen LogP contribution is -2.45.